The minimum atomic E-state index is -0.573. The lowest BCUT2D eigenvalue weighted by Crippen LogP contribution is -2.26. The molecule has 19 heavy (non-hydrogen) atoms. The van der Waals surface area contributed by atoms with Gasteiger partial charge in [-0.25, -0.2) is 0 Å². The van der Waals surface area contributed by atoms with Crippen molar-refractivity contribution in [2.24, 2.45) is 11.8 Å². The van der Waals surface area contributed by atoms with Gasteiger partial charge in [0.05, 0.1) is 18.8 Å². The fourth-order valence-corrected chi connectivity index (χ4v) is 2.43. The summed E-state index contributed by atoms with van der Waals surface area (Å²) >= 11 is 0. The lowest BCUT2D eigenvalue weighted by atomic mass is 9.90. The van der Waals surface area contributed by atoms with E-state index in [-0.39, 0.29) is 36.3 Å². The van der Waals surface area contributed by atoms with Crippen LogP contribution in [0.5, 0.6) is 0 Å². The van der Waals surface area contributed by atoms with Gasteiger partial charge in [0, 0.05) is 18.8 Å². The molecule has 1 aromatic heterocycles. The van der Waals surface area contributed by atoms with Gasteiger partial charge < -0.3 is 9.15 Å². The molecule has 1 fully saturated rings. The first-order valence-corrected chi connectivity index (χ1v) is 6.39. The Morgan fingerprint density at radius 3 is 2.89 bits per heavy atom. The molecular formula is C14H16O5. The summed E-state index contributed by atoms with van der Waals surface area (Å²) in [5.74, 6) is -1.52. The van der Waals surface area contributed by atoms with Crippen molar-refractivity contribution in [2.45, 2.75) is 26.2 Å². The van der Waals surface area contributed by atoms with Crippen molar-refractivity contribution in [1.29, 1.82) is 0 Å². The first-order chi connectivity index (χ1) is 9.13. The van der Waals surface area contributed by atoms with E-state index in [1.807, 2.05) is 0 Å². The van der Waals surface area contributed by atoms with Crippen molar-refractivity contribution < 1.29 is 23.5 Å². The maximum absolute atomic E-state index is 11.9. The molecule has 0 aromatic carbocycles. The number of ether oxygens (including phenoxy) is 1. The topological polar surface area (TPSA) is 73.6 Å². The van der Waals surface area contributed by atoms with Crippen LogP contribution in [0.25, 0.3) is 0 Å². The number of hydrogen-bond donors (Lipinski definition) is 0. The van der Waals surface area contributed by atoms with Crippen LogP contribution in [-0.4, -0.2) is 24.1 Å². The maximum Gasteiger partial charge on any atom is 0.309 e. The van der Waals surface area contributed by atoms with Crippen molar-refractivity contribution in [3.05, 3.63) is 24.2 Å². The Balaban J connectivity index is 2.06. The fraction of sp³-hybridized carbons (Fsp3) is 0.500. The number of furan rings is 1. The van der Waals surface area contributed by atoms with Gasteiger partial charge in [-0.3, -0.25) is 14.4 Å². The number of carbonyl (C=O) groups is 3. The second-order valence-corrected chi connectivity index (χ2v) is 4.57. The number of ketones is 2. The first kappa shape index (κ1) is 13.5. The van der Waals surface area contributed by atoms with E-state index in [9.17, 15) is 14.4 Å². The molecule has 1 aliphatic carbocycles. The molecular weight excluding hydrogens is 248 g/mol. The van der Waals surface area contributed by atoms with E-state index in [0.29, 0.717) is 12.8 Å². The summed E-state index contributed by atoms with van der Waals surface area (Å²) in [5.41, 5.74) is 0. The van der Waals surface area contributed by atoms with Crippen molar-refractivity contribution in [3.8, 4) is 0 Å². The molecule has 0 unspecified atom stereocenters. The van der Waals surface area contributed by atoms with E-state index in [2.05, 4.69) is 0 Å². The summed E-state index contributed by atoms with van der Waals surface area (Å²) in [6, 6.07) is 3.17. The third kappa shape index (κ3) is 2.92. The molecule has 0 spiro atoms. The Morgan fingerprint density at radius 1 is 1.47 bits per heavy atom. The van der Waals surface area contributed by atoms with Crippen LogP contribution >= 0.6 is 0 Å². The average Bonchev–Trinajstić information content (AvgIpc) is 3.01. The fourth-order valence-electron chi connectivity index (χ4n) is 2.43. The molecule has 5 heteroatoms. The highest BCUT2D eigenvalue weighted by molar-refractivity contribution is 5.99. The van der Waals surface area contributed by atoms with E-state index < -0.39 is 11.8 Å². The molecule has 1 aliphatic rings. The SMILES string of the molecule is CCOC(=O)[C@H]1CCC(=O)[C@@H]1CC(=O)c1ccco1. The van der Waals surface area contributed by atoms with Crippen molar-refractivity contribution in [3.63, 3.8) is 0 Å². The maximum atomic E-state index is 11.9. The third-order valence-electron chi connectivity index (χ3n) is 3.39. The lowest BCUT2D eigenvalue weighted by molar-refractivity contribution is -0.150. The Bertz CT molecular complexity index is 474. The number of hydrogen-bond acceptors (Lipinski definition) is 5. The molecule has 1 saturated carbocycles. The van der Waals surface area contributed by atoms with Crippen LogP contribution in [0, 0.1) is 11.8 Å². The number of Topliss-reactive ketones (excluding diaryl/α,β-unsaturated/α-hetero) is 2. The van der Waals surface area contributed by atoms with Crippen LogP contribution in [0.4, 0.5) is 0 Å². The molecule has 1 aromatic rings. The van der Waals surface area contributed by atoms with Crippen LogP contribution in [0.2, 0.25) is 0 Å². The highest BCUT2D eigenvalue weighted by atomic mass is 16.5. The van der Waals surface area contributed by atoms with Gasteiger partial charge in [0.15, 0.2) is 11.5 Å². The molecule has 0 radical (unpaired) electrons. The van der Waals surface area contributed by atoms with Crippen molar-refractivity contribution in [2.75, 3.05) is 6.61 Å². The zero-order valence-corrected chi connectivity index (χ0v) is 10.8. The molecule has 2 rings (SSSR count). The average molecular weight is 264 g/mol. The minimum Gasteiger partial charge on any atom is -0.466 e. The molecule has 0 saturated heterocycles. The second kappa shape index (κ2) is 5.82. The molecule has 1 heterocycles. The summed E-state index contributed by atoms with van der Waals surface area (Å²) in [7, 11) is 0. The highest BCUT2D eigenvalue weighted by Gasteiger charge is 2.41. The summed E-state index contributed by atoms with van der Waals surface area (Å²) in [6.45, 7) is 2.00. The Morgan fingerprint density at radius 2 is 2.26 bits per heavy atom. The van der Waals surface area contributed by atoms with Gasteiger partial charge in [0.25, 0.3) is 0 Å². The standard InChI is InChI=1S/C14H16O5/c1-2-18-14(17)9-5-6-11(15)10(9)8-12(16)13-4-3-7-19-13/h3-4,7,9-10H,2,5-6,8H2,1H3/t9-,10+/m0/s1. The normalized spacial score (nSPS) is 22.5. The van der Waals surface area contributed by atoms with Crippen LogP contribution in [0.1, 0.15) is 36.7 Å². The molecule has 102 valence electrons. The highest BCUT2D eigenvalue weighted by Crippen LogP contribution is 2.33. The van der Waals surface area contributed by atoms with Gasteiger partial charge in [-0.2, -0.15) is 0 Å². The van der Waals surface area contributed by atoms with E-state index >= 15 is 0 Å². The van der Waals surface area contributed by atoms with Crippen LogP contribution in [-0.2, 0) is 14.3 Å². The Labute approximate surface area is 110 Å². The van der Waals surface area contributed by atoms with Crippen LogP contribution in [0.3, 0.4) is 0 Å². The van der Waals surface area contributed by atoms with Gasteiger partial charge >= 0.3 is 5.97 Å². The van der Waals surface area contributed by atoms with Crippen LogP contribution in [0.15, 0.2) is 22.8 Å². The van der Waals surface area contributed by atoms with Gasteiger partial charge in [-0.1, -0.05) is 0 Å². The third-order valence-corrected chi connectivity index (χ3v) is 3.39. The summed E-state index contributed by atoms with van der Waals surface area (Å²) in [6.07, 6.45) is 2.22. The number of rotatable bonds is 5. The van der Waals surface area contributed by atoms with E-state index in [0.717, 1.165) is 0 Å². The largest absolute Gasteiger partial charge is 0.466 e. The number of carbonyl (C=O) groups excluding carboxylic acids is 3. The van der Waals surface area contributed by atoms with Gasteiger partial charge in [-0.05, 0) is 25.5 Å². The summed E-state index contributed by atoms with van der Waals surface area (Å²) in [4.78, 5) is 35.5. The molecule has 0 aliphatic heterocycles. The minimum absolute atomic E-state index is 0.00975. The predicted molar refractivity (Wildman–Crippen MR) is 65.5 cm³/mol. The molecule has 0 N–H and O–H groups in total. The molecule has 2 atom stereocenters. The van der Waals surface area contributed by atoms with Gasteiger partial charge in [0.1, 0.15) is 5.78 Å². The quantitative estimate of drug-likeness (QED) is 0.600. The van der Waals surface area contributed by atoms with E-state index in [4.69, 9.17) is 9.15 Å². The van der Waals surface area contributed by atoms with Crippen LogP contribution < -0.4 is 0 Å². The van der Waals surface area contributed by atoms with Crippen molar-refractivity contribution in [1.82, 2.24) is 0 Å². The molecule has 0 amide bonds. The van der Waals surface area contributed by atoms with Gasteiger partial charge in [0.2, 0.25) is 0 Å². The van der Waals surface area contributed by atoms with E-state index in [1.54, 1.807) is 19.1 Å². The summed E-state index contributed by atoms with van der Waals surface area (Å²) < 4.78 is 9.96. The molecule has 5 nitrogen and oxygen atoms in total. The second-order valence-electron chi connectivity index (χ2n) is 4.57. The number of esters is 1. The summed E-state index contributed by atoms with van der Waals surface area (Å²) in [5, 5.41) is 0. The van der Waals surface area contributed by atoms with E-state index in [1.165, 1.54) is 6.26 Å². The Hall–Kier alpha value is -1.91. The predicted octanol–water partition coefficient (Wildman–Crippen LogP) is 2.01. The van der Waals surface area contributed by atoms with Crippen molar-refractivity contribution >= 4 is 17.5 Å². The zero-order valence-electron chi connectivity index (χ0n) is 10.8. The van der Waals surface area contributed by atoms with Gasteiger partial charge in [-0.15, -0.1) is 0 Å². The molecule has 0 bridgehead atoms. The smallest absolute Gasteiger partial charge is 0.309 e. The lowest BCUT2D eigenvalue weighted by Gasteiger charge is -2.15. The monoisotopic (exact) mass is 264 g/mol. The Kier molecular flexibility index (Phi) is 4.14. The first-order valence-electron chi connectivity index (χ1n) is 6.39. The zero-order chi connectivity index (χ0) is 13.8.